The van der Waals surface area contributed by atoms with E-state index in [4.69, 9.17) is 5.73 Å². The van der Waals surface area contributed by atoms with Crippen LogP contribution in [0, 0.1) is 11.3 Å². The van der Waals surface area contributed by atoms with Crippen LogP contribution in [0.5, 0.6) is 0 Å². The van der Waals surface area contributed by atoms with Gasteiger partial charge in [-0.1, -0.05) is 38.1 Å². The van der Waals surface area contributed by atoms with E-state index < -0.39 is 0 Å². The Kier molecular flexibility index (Phi) is 3.04. The summed E-state index contributed by atoms with van der Waals surface area (Å²) < 4.78 is 0. The molecule has 3 unspecified atom stereocenters. The fourth-order valence-corrected chi connectivity index (χ4v) is 2.64. The van der Waals surface area contributed by atoms with Gasteiger partial charge in [0.25, 0.3) is 0 Å². The molecule has 16 heavy (non-hydrogen) atoms. The third kappa shape index (κ3) is 2.00. The van der Waals surface area contributed by atoms with E-state index in [0.717, 1.165) is 6.42 Å². The summed E-state index contributed by atoms with van der Waals surface area (Å²) in [4.78, 5) is 0. The van der Waals surface area contributed by atoms with Crippen LogP contribution in [-0.4, -0.2) is 11.7 Å². The highest BCUT2D eigenvalue weighted by Gasteiger charge is 2.52. The number of rotatable bonds is 4. The molecule has 0 saturated heterocycles. The first-order valence-electron chi connectivity index (χ1n) is 6.00. The smallest absolute Gasteiger partial charge is 0.0487 e. The van der Waals surface area contributed by atoms with Gasteiger partial charge in [-0.3, -0.25) is 0 Å². The molecule has 2 rings (SSSR count). The molecule has 1 aromatic carbocycles. The van der Waals surface area contributed by atoms with Crippen LogP contribution in [0.2, 0.25) is 0 Å². The number of aliphatic hydroxyl groups is 1. The van der Waals surface area contributed by atoms with Gasteiger partial charge >= 0.3 is 0 Å². The summed E-state index contributed by atoms with van der Waals surface area (Å²) >= 11 is 0. The Morgan fingerprint density at radius 1 is 1.56 bits per heavy atom. The van der Waals surface area contributed by atoms with Crippen molar-refractivity contribution in [2.75, 3.05) is 6.61 Å². The monoisotopic (exact) mass is 219 g/mol. The second kappa shape index (κ2) is 4.19. The molecule has 3 atom stereocenters. The molecule has 2 nitrogen and oxygen atoms in total. The minimum Gasteiger partial charge on any atom is -0.396 e. The van der Waals surface area contributed by atoms with Crippen molar-refractivity contribution < 1.29 is 5.11 Å². The van der Waals surface area contributed by atoms with Crippen molar-refractivity contribution in [2.45, 2.75) is 32.7 Å². The summed E-state index contributed by atoms with van der Waals surface area (Å²) in [6.07, 6.45) is 1.14. The highest BCUT2D eigenvalue weighted by Crippen LogP contribution is 2.58. The Labute approximate surface area is 97.5 Å². The van der Waals surface area contributed by atoms with E-state index in [1.807, 2.05) is 0 Å². The topological polar surface area (TPSA) is 46.2 Å². The molecule has 0 amide bonds. The van der Waals surface area contributed by atoms with Gasteiger partial charge in [-0.15, -0.1) is 0 Å². The summed E-state index contributed by atoms with van der Waals surface area (Å²) in [6, 6.07) is 8.50. The molecule has 1 fully saturated rings. The van der Waals surface area contributed by atoms with Gasteiger partial charge in [0.2, 0.25) is 0 Å². The zero-order valence-electron chi connectivity index (χ0n) is 10.1. The lowest BCUT2D eigenvalue weighted by atomic mass is 9.90. The van der Waals surface area contributed by atoms with Gasteiger partial charge < -0.3 is 10.8 Å². The first kappa shape index (κ1) is 11.6. The van der Waals surface area contributed by atoms with Gasteiger partial charge in [0.05, 0.1) is 0 Å². The Balaban J connectivity index is 2.13. The zero-order chi connectivity index (χ0) is 11.8. The van der Waals surface area contributed by atoms with E-state index in [2.05, 4.69) is 38.1 Å². The van der Waals surface area contributed by atoms with Crippen LogP contribution in [0.3, 0.4) is 0 Å². The number of nitrogens with two attached hydrogens (primary N) is 1. The summed E-state index contributed by atoms with van der Waals surface area (Å²) in [5.74, 6) is 1.13. The third-order valence-electron chi connectivity index (χ3n) is 4.10. The van der Waals surface area contributed by atoms with Crippen molar-refractivity contribution in [1.29, 1.82) is 0 Å². The third-order valence-corrected chi connectivity index (χ3v) is 4.10. The Morgan fingerprint density at radius 3 is 2.88 bits per heavy atom. The number of hydrogen-bond acceptors (Lipinski definition) is 2. The van der Waals surface area contributed by atoms with E-state index in [1.165, 1.54) is 11.1 Å². The summed E-state index contributed by atoms with van der Waals surface area (Å²) in [7, 11) is 0. The highest BCUT2D eigenvalue weighted by molar-refractivity contribution is 5.28. The standard InChI is InChI=1S/C14H21NO/c1-10(13-7-14(13,2)9-16)12-5-3-4-11(6-12)8-15/h3-6,10,13,16H,7-9,15H2,1-2H3. The van der Waals surface area contributed by atoms with E-state index in [0.29, 0.717) is 25.0 Å². The van der Waals surface area contributed by atoms with Gasteiger partial charge in [-0.05, 0) is 34.8 Å². The number of hydrogen-bond donors (Lipinski definition) is 2. The molecule has 0 radical (unpaired) electrons. The first-order chi connectivity index (χ1) is 7.60. The maximum atomic E-state index is 9.31. The van der Waals surface area contributed by atoms with Crippen LogP contribution in [0.15, 0.2) is 24.3 Å². The van der Waals surface area contributed by atoms with Crippen molar-refractivity contribution in [1.82, 2.24) is 0 Å². The normalized spacial score (nSPS) is 30.1. The Hall–Kier alpha value is -0.860. The maximum Gasteiger partial charge on any atom is 0.0487 e. The molecule has 1 aromatic rings. The Bertz CT molecular complexity index is 377. The van der Waals surface area contributed by atoms with Crippen molar-refractivity contribution >= 4 is 0 Å². The molecule has 0 heterocycles. The van der Waals surface area contributed by atoms with Crippen molar-refractivity contribution in [3.05, 3.63) is 35.4 Å². The molecule has 1 aliphatic rings. The zero-order valence-corrected chi connectivity index (χ0v) is 10.1. The van der Waals surface area contributed by atoms with Crippen LogP contribution in [0.4, 0.5) is 0 Å². The molecule has 1 aliphatic carbocycles. The maximum absolute atomic E-state index is 9.31. The van der Waals surface area contributed by atoms with Gasteiger partial charge in [-0.25, -0.2) is 0 Å². The van der Waals surface area contributed by atoms with Gasteiger partial charge in [0.1, 0.15) is 0 Å². The van der Waals surface area contributed by atoms with Gasteiger partial charge in [0, 0.05) is 13.2 Å². The minimum atomic E-state index is 0.151. The van der Waals surface area contributed by atoms with E-state index >= 15 is 0 Å². The molecule has 2 heteroatoms. The van der Waals surface area contributed by atoms with E-state index in [-0.39, 0.29) is 5.41 Å². The minimum absolute atomic E-state index is 0.151. The number of benzene rings is 1. The average Bonchev–Trinajstić information content (AvgIpc) is 3.01. The highest BCUT2D eigenvalue weighted by atomic mass is 16.3. The Morgan fingerprint density at radius 2 is 2.31 bits per heavy atom. The van der Waals surface area contributed by atoms with Crippen LogP contribution in [0.1, 0.15) is 37.3 Å². The summed E-state index contributed by atoms with van der Waals surface area (Å²) in [5, 5.41) is 9.31. The van der Waals surface area contributed by atoms with Crippen LogP contribution >= 0.6 is 0 Å². The van der Waals surface area contributed by atoms with Gasteiger partial charge in [0.15, 0.2) is 0 Å². The SMILES string of the molecule is CC(c1cccc(CN)c1)C1CC1(C)CO. The van der Waals surface area contributed by atoms with Crippen molar-refractivity contribution in [3.8, 4) is 0 Å². The second-order valence-corrected chi connectivity index (χ2v) is 5.36. The molecule has 3 N–H and O–H groups in total. The van der Waals surface area contributed by atoms with E-state index in [1.54, 1.807) is 0 Å². The molecule has 88 valence electrons. The molecule has 0 aliphatic heterocycles. The predicted molar refractivity (Wildman–Crippen MR) is 66.0 cm³/mol. The second-order valence-electron chi connectivity index (χ2n) is 5.36. The largest absolute Gasteiger partial charge is 0.396 e. The number of aliphatic hydroxyl groups excluding tert-OH is 1. The van der Waals surface area contributed by atoms with Crippen molar-refractivity contribution in [3.63, 3.8) is 0 Å². The lowest BCUT2D eigenvalue weighted by Crippen LogP contribution is -2.09. The fraction of sp³-hybridized carbons (Fsp3) is 0.571. The fourth-order valence-electron chi connectivity index (χ4n) is 2.64. The van der Waals surface area contributed by atoms with Crippen LogP contribution < -0.4 is 5.73 Å². The van der Waals surface area contributed by atoms with Gasteiger partial charge in [-0.2, -0.15) is 0 Å². The molecular formula is C14H21NO. The molecular weight excluding hydrogens is 198 g/mol. The lowest BCUT2D eigenvalue weighted by Gasteiger charge is -2.15. The van der Waals surface area contributed by atoms with Crippen LogP contribution in [0.25, 0.3) is 0 Å². The lowest BCUT2D eigenvalue weighted by molar-refractivity contribution is 0.207. The van der Waals surface area contributed by atoms with Crippen LogP contribution in [-0.2, 0) is 6.54 Å². The first-order valence-corrected chi connectivity index (χ1v) is 6.00. The van der Waals surface area contributed by atoms with Crippen molar-refractivity contribution in [2.24, 2.45) is 17.1 Å². The average molecular weight is 219 g/mol. The molecule has 0 bridgehead atoms. The summed E-state index contributed by atoms with van der Waals surface area (Å²) in [5.41, 5.74) is 8.34. The molecule has 0 spiro atoms. The quantitative estimate of drug-likeness (QED) is 0.816. The molecule has 0 aromatic heterocycles. The van der Waals surface area contributed by atoms with E-state index in [9.17, 15) is 5.11 Å². The predicted octanol–water partition coefficient (Wildman–Crippen LogP) is 2.27. The summed E-state index contributed by atoms with van der Waals surface area (Å²) in [6.45, 7) is 5.32. The molecule has 1 saturated carbocycles.